The maximum absolute atomic E-state index is 11.2. The highest BCUT2D eigenvalue weighted by Gasteiger charge is 2.56. The Hall–Kier alpha value is -1.59. The molecule has 2 fully saturated rings. The van der Waals surface area contributed by atoms with Crippen molar-refractivity contribution in [3.8, 4) is 0 Å². The van der Waals surface area contributed by atoms with Gasteiger partial charge in [-0.1, -0.05) is 0 Å². The molecule has 2 aliphatic heterocycles. The van der Waals surface area contributed by atoms with Crippen molar-refractivity contribution < 1.29 is 14.4 Å². The largest absolute Gasteiger partial charge is 0.369 e. The smallest absolute Gasteiger partial charge is 0.223 e. The van der Waals surface area contributed by atoms with E-state index in [0.29, 0.717) is 26.2 Å². The lowest BCUT2D eigenvalue weighted by Gasteiger charge is -2.48. The number of carbonyl (C=O) groups is 3. The van der Waals surface area contributed by atoms with Crippen LogP contribution in [0, 0.1) is 11.3 Å². The Bertz CT molecular complexity index is 312. The van der Waals surface area contributed by atoms with Crippen molar-refractivity contribution in [1.29, 1.82) is 0 Å². The van der Waals surface area contributed by atoms with E-state index in [9.17, 15) is 14.4 Å². The third-order valence-corrected chi connectivity index (χ3v) is 3.35. The first kappa shape index (κ1) is 9.95. The van der Waals surface area contributed by atoms with Crippen LogP contribution in [0.25, 0.3) is 0 Å². The van der Waals surface area contributed by atoms with Gasteiger partial charge in [0.25, 0.3) is 0 Å². The molecular formula is C9H13N3O3. The fraction of sp³-hybridized carbons (Fsp3) is 0.667. The number of nitrogens with two attached hydrogens (primary N) is 1. The van der Waals surface area contributed by atoms with Crippen molar-refractivity contribution in [2.75, 3.05) is 26.2 Å². The van der Waals surface area contributed by atoms with Gasteiger partial charge in [0, 0.05) is 31.6 Å². The standard InChI is InChI=1S/C9H13N3O3/c10-8(15)7-1-11(5-13)2-9(7)3-12(4-9)6-14/h5-7H,1-4H2,(H2,10,15). The van der Waals surface area contributed by atoms with Crippen LogP contribution in [-0.2, 0) is 14.4 Å². The van der Waals surface area contributed by atoms with Gasteiger partial charge in [-0.25, -0.2) is 0 Å². The summed E-state index contributed by atoms with van der Waals surface area (Å²) in [5, 5.41) is 0. The number of amides is 3. The molecule has 2 aliphatic rings. The Balaban J connectivity index is 2.13. The molecule has 0 saturated carbocycles. The summed E-state index contributed by atoms with van der Waals surface area (Å²) in [7, 11) is 0. The van der Waals surface area contributed by atoms with Crippen molar-refractivity contribution in [1.82, 2.24) is 9.80 Å². The highest BCUT2D eigenvalue weighted by atomic mass is 16.2. The van der Waals surface area contributed by atoms with Gasteiger partial charge < -0.3 is 15.5 Å². The van der Waals surface area contributed by atoms with Crippen LogP contribution in [0.5, 0.6) is 0 Å². The van der Waals surface area contributed by atoms with Crippen LogP contribution in [0.4, 0.5) is 0 Å². The zero-order chi connectivity index (χ0) is 11.1. The molecule has 15 heavy (non-hydrogen) atoms. The van der Waals surface area contributed by atoms with E-state index in [0.717, 1.165) is 12.8 Å². The van der Waals surface area contributed by atoms with Crippen LogP contribution in [0.15, 0.2) is 0 Å². The van der Waals surface area contributed by atoms with Crippen LogP contribution in [0.3, 0.4) is 0 Å². The fourth-order valence-corrected chi connectivity index (χ4v) is 2.64. The number of rotatable bonds is 3. The maximum Gasteiger partial charge on any atom is 0.223 e. The third-order valence-electron chi connectivity index (χ3n) is 3.35. The molecular weight excluding hydrogens is 198 g/mol. The van der Waals surface area contributed by atoms with Crippen LogP contribution in [0.1, 0.15) is 0 Å². The number of hydrogen-bond acceptors (Lipinski definition) is 3. The van der Waals surface area contributed by atoms with Crippen molar-refractivity contribution in [2.45, 2.75) is 0 Å². The molecule has 3 amide bonds. The van der Waals surface area contributed by atoms with Crippen LogP contribution < -0.4 is 5.73 Å². The number of likely N-dealkylation sites (tertiary alicyclic amines) is 2. The number of nitrogens with zero attached hydrogens (tertiary/aromatic N) is 2. The summed E-state index contributed by atoms with van der Waals surface area (Å²) in [4.78, 5) is 35.5. The summed E-state index contributed by atoms with van der Waals surface area (Å²) in [6, 6.07) is 0. The van der Waals surface area contributed by atoms with Gasteiger partial charge >= 0.3 is 0 Å². The van der Waals surface area contributed by atoms with Gasteiger partial charge in [-0.2, -0.15) is 0 Å². The van der Waals surface area contributed by atoms with E-state index in [1.165, 1.54) is 0 Å². The summed E-state index contributed by atoms with van der Waals surface area (Å²) in [6.45, 7) is 1.95. The van der Waals surface area contributed by atoms with Crippen molar-refractivity contribution >= 4 is 18.7 Å². The molecule has 0 aromatic carbocycles. The quantitative estimate of drug-likeness (QED) is 0.549. The first-order chi connectivity index (χ1) is 7.11. The van der Waals surface area contributed by atoms with Crippen LogP contribution >= 0.6 is 0 Å². The molecule has 2 N–H and O–H groups in total. The molecule has 2 heterocycles. The summed E-state index contributed by atoms with van der Waals surface area (Å²) in [5.74, 6) is -0.705. The van der Waals surface area contributed by atoms with E-state index >= 15 is 0 Å². The molecule has 82 valence electrons. The fourth-order valence-electron chi connectivity index (χ4n) is 2.64. The summed E-state index contributed by atoms with van der Waals surface area (Å²) < 4.78 is 0. The van der Waals surface area contributed by atoms with Gasteiger partial charge in [0.15, 0.2) is 0 Å². The van der Waals surface area contributed by atoms with Gasteiger partial charge in [-0.15, -0.1) is 0 Å². The Labute approximate surface area is 87.0 Å². The zero-order valence-corrected chi connectivity index (χ0v) is 8.26. The normalized spacial score (nSPS) is 27.6. The Morgan fingerprint density at radius 2 is 1.73 bits per heavy atom. The zero-order valence-electron chi connectivity index (χ0n) is 8.26. The van der Waals surface area contributed by atoms with Crippen LogP contribution in [-0.4, -0.2) is 54.7 Å². The SMILES string of the molecule is NC(=O)C1CN(C=O)CC12CN(C=O)C2. The summed E-state index contributed by atoms with van der Waals surface area (Å²) in [5.41, 5.74) is 5.01. The highest BCUT2D eigenvalue weighted by Crippen LogP contribution is 2.42. The molecule has 0 radical (unpaired) electrons. The first-order valence-corrected chi connectivity index (χ1v) is 4.79. The van der Waals surface area contributed by atoms with Gasteiger partial charge in [0.1, 0.15) is 0 Å². The lowest BCUT2D eigenvalue weighted by molar-refractivity contribution is -0.138. The van der Waals surface area contributed by atoms with Crippen molar-refractivity contribution in [3.63, 3.8) is 0 Å². The molecule has 0 aliphatic carbocycles. The molecule has 2 saturated heterocycles. The second-order valence-corrected chi connectivity index (χ2v) is 4.36. The molecule has 1 unspecified atom stereocenters. The van der Waals surface area contributed by atoms with E-state index in [2.05, 4.69) is 0 Å². The number of hydrogen-bond donors (Lipinski definition) is 1. The number of carbonyl (C=O) groups excluding carboxylic acids is 3. The monoisotopic (exact) mass is 211 g/mol. The summed E-state index contributed by atoms with van der Waals surface area (Å²) in [6.07, 6.45) is 1.49. The topological polar surface area (TPSA) is 83.7 Å². The second-order valence-electron chi connectivity index (χ2n) is 4.36. The Morgan fingerprint density at radius 1 is 1.20 bits per heavy atom. The molecule has 0 bridgehead atoms. The molecule has 6 heteroatoms. The summed E-state index contributed by atoms with van der Waals surface area (Å²) >= 11 is 0. The molecule has 0 aromatic rings. The minimum Gasteiger partial charge on any atom is -0.369 e. The number of primary amides is 1. The Morgan fingerprint density at radius 3 is 2.20 bits per heavy atom. The molecule has 6 nitrogen and oxygen atoms in total. The van der Waals surface area contributed by atoms with Gasteiger partial charge in [-0.3, -0.25) is 14.4 Å². The average molecular weight is 211 g/mol. The van der Waals surface area contributed by atoms with E-state index in [1.54, 1.807) is 9.80 Å². The minimum atomic E-state index is -0.384. The second kappa shape index (κ2) is 3.22. The molecule has 1 atom stereocenters. The van der Waals surface area contributed by atoms with E-state index in [1.807, 2.05) is 0 Å². The first-order valence-electron chi connectivity index (χ1n) is 4.79. The Kier molecular flexibility index (Phi) is 2.13. The van der Waals surface area contributed by atoms with Crippen molar-refractivity contribution in [2.24, 2.45) is 17.1 Å². The van der Waals surface area contributed by atoms with Crippen molar-refractivity contribution in [3.05, 3.63) is 0 Å². The third kappa shape index (κ3) is 1.36. The molecule has 0 aromatic heterocycles. The van der Waals surface area contributed by atoms with Crippen LogP contribution in [0.2, 0.25) is 0 Å². The average Bonchev–Trinajstić information content (AvgIpc) is 2.54. The van der Waals surface area contributed by atoms with E-state index < -0.39 is 0 Å². The lowest BCUT2D eigenvalue weighted by Crippen LogP contribution is -2.61. The maximum atomic E-state index is 11.2. The predicted molar refractivity (Wildman–Crippen MR) is 50.4 cm³/mol. The predicted octanol–water partition coefficient (Wildman–Crippen LogP) is -1.98. The van der Waals surface area contributed by atoms with E-state index in [-0.39, 0.29) is 17.2 Å². The van der Waals surface area contributed by atoms with Gasteiger partial charge in [0.05, 0.1) is 5.92 Å². The molecule has 1 spiro atoms. The van der Waals surface area contributed by atoms with Gasteiger partial charge in [-0.05, 0) is 0 Å². The van der Waals surface area contributed by atoms with E-state index in [4.69, 9.17) is 5.73 Å². The molecule has 2 rings (SSSR count). The minimum absolute atomic E-state index is 0.284. The highest BCUT2D eigenvalue weighted by molar-refractivity contribution is 5.79. The van der Waals surface area contributed by atoms with Gasteiger partial charge in [0.2, 0.25) is 18.7 Å². The lowest BCUT2D eigenvalue weighted by atomic mass is 9.71.